The van der Waals surface area contributed by atoms with E-state index in [2.05, 4.69) is 23.1 Å². The van der Waals surface area contributed by atoms with Gasteiger partial charge in [0.15, 0.2) is 11.5 Å². The molecule has 2 heterocycles. The topological polar surface area (TPSA) is 82.2 Å². The fourth-order valence-corrected chi connectivity index (χ4v) is 5.71. The first kappa shape index (κ1) is 24.5. The summed E-state index contributed by atoms with van der Waals surface area (Å²) in [4.78, 5) is 22.7. The molecular weight excluding hydrogens is 448 g/mol. The van der Waals surface area contributed by atoms with Crippen LogP contribution >= 0.6 is 0 Å². The molecule has 2 aromatic carbocycles. The number of likely N-dealkylation sites (tertiary alicyclic amines) is 1. The molecule has 2 aliphatic heterocycles. The van der Waals surface area contributed by atoms with Gasteiger partial charge in [0.25, 0.3) is 5.91 Å². The third-order valence-corrected chi connectivity index (χ3v) is 7.83. The monoisotopic (exact) mass is 484 g/mol. The van der Waals surface area contributed by atoms with Crippen LogP contribution in [0.15, 0.2) is 89.5 Å². The Kier molecular flexibility index (Phi) is 7.35. The van der Waals surface area contributed by atoms with Crippen LogP contribution < -0.4 is 5.73 Å². The van der Waals surface area contributed by atoms with Gasteiger partial charge in [-0.2, -0.15) is 0 Å². The molecule has 6 heteroatoms. The molecule has 5 rings (SSSR count). The highest BCUT2D eigenvalue weighted by atomic mass is 16.3. The van der Waals surface area contributed by atoms with E-state index >= 15 is 0 Å². The smallest absolute Gasteiger partial charge is 0.266 e. The van der Waals surface area contributed by atoms with Gasteiger partial charge in [-0.1, -0.05) is 84.5 Å². The van der Waals surface area contributed by atoms with E-state index in [0.29, 0.717) is 12.5 Å². The van der Waals surface area contributed by atoms with E-state index in [4.69, 9.17) is 10.7 Å². The number of piperidine rings is 1. The van der Waals surface area contributed by atoms with E-state index in [0.717, 1.165) is 62.7 Å². The number of benzene rings is 2. The zero-order chi connectivity index (χ0) is 25.0. The highest BCUT2D eigenvalue weighted by Crippen LogP contribution is 2.40. The maximum atomic E-state index is 14.0. The van der Waals surface area contributed by atoms with Gasteiger partial charge in [-0.3, -0.25) is 14.6 Å². The van der Waals surface area contributed by atoms with Crippen LogP contribution in [-0.4, -0.2) is 52.6 Å². The summed E-state index contributed by atoms with van der Waals surface area (Å²) in [6, 6.07) is 19.4. The Balaban J connectivity index is 1.23. The first-order valence-corrected chi connectivity index (χ1v) is 13.1. The van der Waals surface area contributed by atoms with Gasteiger partial charge in [0.1, 0.15) is 6.23 Å². The van der Waals surface area contributed by atoms with Gasteiger partial charge in [-0.15, -0.1) is 0 Å². The number of nitrogens with two attached hydrogens (primary N) is 1. The second-order valence-electron chi connectivity index (χ2n) is 10.1. The Morgan fingerprint density at radius 1 is 1.03 bits per heavy atom. The minimum Gasteiger partial charge on any atom is -0.378 e. The number of carbonyl (C=O) groups excluding carboxylic acids is 1. The van der Waals surface area contributed by atoms with E-state index in [1.54, 1.807) is 4.90 Å². The molecule has 36 heavy (non-hydrogen) atoms. The number of guanidine groups is 1. The molecule has 0 saturated carbocycles. The van der Waals surface area contributed by atoms with E-state index in [9.17, 15) is 9.90 Å². The Morgan fingerprint density at radius 3 is 2.25 bits per heavy atom. The number of carbonyl (C=O) groups is 1. The van der Waals surface area contributed by atoms with E-state index in [1.165, 1.54) is 5.57 Å². The van der Waals surface area contributed by atoms with E-state index in [1.807, 2.05) is 60.7 Å². The molecule has 2 aromatic rings. The molecular formula is C30H36N4O2. The van der Waals surface area contributed by atoms with Crippen molar-refractivity contribution in [1.29, 1.82) is 0 Å². The number of allylic oxidation sites excluding steroid dienone is 4. The number of aliphatic hydroxyl groups is 1. The van der Waals surface area contributed by atoms with Crippen molar-refractivity contribution < 1.29 is 9.90 Å². The van der Waals surface area contributed by atoms with Crippen molar-refractivity contribution in [2.45, 2.75) is 50.3 Å². The lowest BCUT2D eigenvalue weighted by atomic mass is 9.82. The van der Waals surface area contributed by atoms with Gasteiger partial charge in [-0.05, 0) is 55.6 Å². The Bertz CT molecular complexity index is 1090. The van der Waals surface area contributed by atoms with Crippen molar-refractivity contribution in [3.63, 3.8) is 0 Å². The summed E-state index contributed by atoms with van der Waals surface area (Å²) < 4.78 is 0. The second kappa shape index (κ2) is 10.8. The molecule has 0 radical (unpaired) electrons. The zero-order valence-electron chi connectivity index (χ0n) is 20.8. The molecule has 1 atom stereocenters. The van der Waals surface area contributed by atoms with Crippen molar-refractivity contribution in [1.82, 2.24) is 9.80 Å². The number of aliphatic imine (C=N–C) groups is 1. The summed E-state index contributed by atoms with van der Waals surface area (Å²) in [6.45, 7) is 2.21. The van der Waals surface area contributed by atoms with Crippen molar-refractivity contribution in [2.75, 3.05) is 19.6 Å². The lowest BCUT2D eigenvalue weighted by molar-refractivity contribution is -0.130. The lowest BCUT2D eigenvalue weighted by Gasteiger charge is -2.37. The standard InChI is InChI=1S/C30H36N4O2/c31-29-32-30(25-12-6-2-7-13-25,26-14-8-3-9-15-26)28(36)34(29)22-24-18-20-33(21-19-24)27(35)17-16-23-10-4-1-5-11-23/h1-4,6-10,12-15,24,27,35H,5,11,16-22H2,(H2,31,32). The zero-order valence-corrected chi connectivity index (χ0v) is 20.8. The highest BCUT2D eigenvalue weighted by Gasteiger charge is 2.50. The van der Waals surface area contributed by atoms with Crippen LogP contribution in [0, 0.1) is 5.92 Å². The second-order valence-corrected chi connectivity index (χ2v) is 10.1. The van der Waals surface area contributed by atoms with E-state index in [-0.39, 0.29) is 11.9 Å². The van der Waals surface area contributed by atoms with E-state index < -0.39 is 11.8 Å². The quantitative estimate of drug-likeness (QED) is 0.589. The molecule has 3 N–H and O–H groups in total. The Labute approximate surface area is 213 Å². The summed E-state index contributed by atoms with van der Waals surface area (Å²) in [7, 11) is 0. The molecule has 0 aromatic heterocycles. The van der Waals surface area contributed by atoms with Gasteiger partial charge < -0.3 is 10.8 Å². The fraction of sp³-hybridized carbons (Fsp3) is 0.400. The van der Waals surface area contributed by atoms with Crippen LogP contribution in [0.1, 0.15) is 49.7 Å². The number of nitrogens with zero attached hydrogens (tertiary/aromatic N) is 3. The summed E-state index contributed by atoms with van der Waals surface area (Å²) in [5.74, 6) is 0.513. The van der Waals surface area contributed by atoms with Crippen molar-refractivity contribution in [2.24, 2.45) is 16.6 Å². The Hall–Kier alpha value is -3.22. The van der Waals surface area contributed by atoms with Crippen molar-refractivity contribution in [3.05, 3.63) is 95.6 Å². The first-order valence-electron chi connectivity index (χ1n) is 13.1. The molecule has 0 spiro atoms. The summed E-state index contributed by atoms with van der Waals surface area (Å²) in [5.41, 5.74) is 8.35. The minimum atomic E-state index is -1.15. The number of aliphatic hydroxyl groups excluding tert-OH is 1. The van der Waals surface area contributed by atoms with Crippen LogP contribution in [-0.2, 0) is 10.3 Å². The predicted molar refractivity (Wildman–Crippen MR) is 143 cm³/mol. The minimum absolute atomic E-state index is 0.0883. The van der Waals surface area contributed by atoms with Gasteiger partial charge in [0, 0.05) is 19.6 Å². The third-order valence-electron chi connectivity index (χ3n) is 7.83. The van der Waals surface area contributed by atoms with Gasteiger partial charge in [0.2, 0.25) is 0 Å². The first-order chi connectivity index (χ1) is 17.6. The summed E-state index contributed by atoms with van der Waals surface area (Å²) >= 11 is 0. The fourth-order valence-electron chi connectivity index (χ4n) is 5.71. The number of hydrogen-bond donors (Lipinski definition) is 2. The molecule has 0 bridgehead atoms. The highest BCUT2D eigenvalue weighted by molar-refractivity contribution is 6.09. The van der Waals surface area contributed by atoms with Gasteiger partial charge in [0.05, 0.1) is 0 Å². The van der Waals surface area contributed by atoms with Crippen molar-refractivity contribution >= 4 is 11.9 Å². The van der Waals surface area contributed by atoms with Crippen LogP contribution in [0.5, 0.6) is 0 Å². The average molecular weight is 485 g/mol. The molecule has 1 fully saturated rings. The van der Waals surface area contributed by atoms with Gasteiger partial charge in [-0.25, -0.2) is 4.99 Å². The molecule has 1 aliphatic carbocycles. The molecule has 1 saturated heterocycles. The van der Waals surface area contributed by atoms with Crippen molar-refractivity contribution in [3.8, 4) is 0 Å². The molecule has 1 amide bonds. The largest absolute Gasteiger partial charge is 0.378 e. The SMILES string of the molecule is NC1=NC(c2ccccc2)(c2ccccc2)C(=O)N1CC1CCN(C(O)CCC2=CC=CCC2)CC1. The maximum absolute atomic E-state index is 14.0. The molecule has 6 nitrogen and oxygen atoms in total. The molecule has 188 valence electrons. The number of hydrogen-bond acceptors (Lipinski definition) is 5. The Morgan fingerprint density at radius 2 is 1.67 bits per heavy atom. The van der Waals surface area contributed by atoms with Crippen LogP contribution in [0.25, 0.3) is 0 Å². The maximum Gasteiger partial charge on any atom is 0.266 e. The average Bonchev–Trinajstić information content (AvgIpc) is 3.19. The van der Waals surface area contributed by atoms with Gasteiger partial charge >= 0.3 is 0 Å². The third kappa shape index (κ3) is 4.88. The number of rotatable bonds is 8. The predicted octanol–water partition coefficient (Wildman–Crippen LogP) is 4.17. The van der Waals surface area contributed by atoms with Crippen LogP contribution in [0.4, 0.5) is 0 Å². The summed E-state index contributed by atoms with van der Waals surface area (Å²) in [6.07, 6.45) is 11.8. The molecule has 3 aliphatic rings. The lowest BCUT2D eigenvalue weighted by Crippen LogP contribution is -2.48. The van der Waals surface area contributed by atoms with Crippen LogP contribution in [0.2, 0.25) is 0 Å². The van der Waals surface area contributed by atoms with Crippen LogP contribution in [0.3, 0.4) is 0 Å². The normalized spacial score (nSPS) is 21.4. The number of amides is 1. The summed E-state index contributed by atoms with van der Waals surface area (Å²) in [5, 5.41) is 10.8. The molecule has 1 unspecified atom stereocenters.